The molecule has 0 saturated carbocycles. The van der Waals surface area contributed by atoms with Crippen molar-refractivity contribution in [2.24, 2.45) is 0 Å². The van der Waals surface area contributed by atoms with E-state index < -0.39 is 18.0 Å². The molecular weight excluding hydrogens is 328 g/mol. The maximum absolute atomic E-state index is 12.5. The van der Waals surface area contributed by atoms with E-state index >= 15 is 0 Å². The number of ether oxygens (including phenoxy) is 4. The average molecular weight is 346 g/mol. The number of aliphatic hydroxyl groups is 1. The summed E-state index contributed by atoms with van der Waals surface area (Å²) in [6, 6.07) is 7.75. The lowest BCUT2D eigenvalue weighted by atomic mass is 9.92. The monoisotopic (exact) mass is 346 g/mol. The van der Waals surface area contributed by atoms with E-state index in [0.717, 1.165) is 0 Å². The molecular formula is C18H18O7. The number of aromatic hydroxyl groups is 1. The second-order valence-corrected chi connectivity index (χ2v) is 5.48. The topological polar surface area (TPSA) is 94.5 Å². The van der Waals surface area contributed by atoms with E-state index in [1.54, 1.807) is 18.2 Å². The molecule has 25 heavy (non-hydrogen) atoms. The number of benzene rings is 2. The second kappa shape index (κ2) is 6.52. The Hall–Kier alpha value is -2.93. The molecule has 2 aromatic rings. The van der Waals surface area contributed by atoms with Crippen LogP contribution >= 0.6 is 0 Å². The molecule has 132 valence electrons. The van der Waals surface area contributed by atoms with Gasteiger partial charge in [-0.1, -0.05) is 6.07 Å². The zero-order valence-electron chi connectivity index (χ0n) is 14.0. The van der Waals surface area contributed by atoms with Gasteiger partial charge in [-0.3, -0.25) is 4.79 Å². The number of rotatable bonds is 4. The fraction of sp³-hybridized carbons (Fsp3) is 0.278. The van der Waals surface area contributed by atoms with Gasteiger partial charge in [0, 0.05) is 12.1 Å². The molecule has 0 aromatic heterocycles. The lowest BCUT2D eigenvalue weighted by molar-refractivity contribution is 0.0210. The van der Waals surface area contributed by atoms with Gasteiger partial charge in [-0.05, 0) is 17.7 Å². The van der Waals surface area contributed by atoms with Gasteiger partial charge in [0.05, 0.1) is 21.3 Å². The van der Waals surface area contributed by atoms with Crippen LogP contribution in [0.15, 0.2) is 30.3 Å². The predicted octanol–water partition coefficient (Wildman–Crippen LogP) is 2.10. The second-order valence-electron chi connectivity index (χ2n) is 5.48. The number of carbonyl (C=O) groups is 1. The van der Waals surface area contributed by atoms with Crippen LogP contribution in [0.4, 0.5) is 0 Å². The molecule has 7 heteroatoms. The number of phenolic OH excluding ortho intramolecular Hbond substituents is 1. The fourth-order valence-electron chi connectivity index (χ4n) is 2.80. The normalized spacial score (nSPS) is 19.0. The van der Waals surface area contributed by atoms with E-state index in [9.17, 15) is 15.0 Å². The van der Waals surface area contributed by atoms with Gasteiger partial charge in [0.2, 0.25) is 5.78 Å². The maximum atomic E-state index is 12.5. The molecule has 7 nitrogen and oxygen atoms in total. The van der Waals surface area contributed by atoms with Crippen molar-refractivity contribution < 1.29 is 34.0 Å². The predicted molar refractivity (Wildman–Crippen MR) is 87.9 cm³/mol. The van der Waals surface area contributed by atoms with Gasteiger partial charge < -0.3 is 29.2 Å². The molecule has 1 heterocycles. The van der Waals surface area contributed by atoms with Crippen LogP contribution in [-0.2, 0) is 0 Å². The zero-order chi connectivity index (χ0) is 18.1. The average Bonchev–Trinajstić information content (AvgIpc) is 2.63. The van der Waals surface area contributed by atoms with E-state index in [-0.39, 0.29) is 17.1 Å². The van der Waals surface area contributed by atoms with Crippen LogP contribution in [0, 0.1) is 0 Å². The van der Waals surface area contributed by atoms with E-state index in [1.807, 2.05) is 0 Å². The first-order valence-corrected chi connectivity index (χ1v) is 7.52. The molecule has 0 spiro atoms. The van der Waals surface area contributed by atoms with Gasteiger partial charge in [-0.15, -0.1) is 0 Å². The summed E-state index contributed by atoms with van der Waals surface area (Å²) in [6.07, 6.45) is -2.42. The summed E-state index contributed by atoms with van der Waals surface area (Å²) in [5.41, 5.74) is 0.469. The highest BCUT2D eigenvalue weighted by molar-refractivity contribution is 6.05. The summed E-state index contributed by atoms with van der Waals surface area (Å²) in [4.78, 5) is 12.5. The Morgan fingerprint density at radius 2 is 1.72 bits per heavy atom. The van der Waals surface area contributed by atoms with Crippen molar-refractivity contribution in [3.63, 3.8) is 0 Å². The highest BCUT2D eigenvalue weighted by Crippen LogP contribution is 2.43. The van der Waals surface area contributed by atoms with Crippen molar-refractivity contribution >= 4 is 5.78 Å². The van der Waals surface area contributed by atoms with Crippen LogP contribution < -0.4 is 18.9 Å². The van der Waals surface area contributed by atoms with Crippen molar-refractivity contribution in [3.05, 3.63) is 41.5 Å². The van der Waals surface area contributed by atoms with Gasteiger partial charge in [0.1, 0.15) is 22.8 Å². The number of ketones is 1. The molecule has 0 unspecified atom stereocenters. The number of methoxy groups -OCH3 is 3. The Kier molecular flexibility index (Phi) is 4.41. The Balaban J connectivity index is 2.05. The molecule has 0 bridgehead atoms. The van der Waals surface area contributed by atoms with E-state index in [0.29, 0.717) is 22.8 Å². The molecule has 1 aliphatic heterocycles. The van der Waals surface area contributed by atoms with Crippen molar-refractivity contribution in [2.45, 2.75) is 12.2 Å². The number of hydrogen-bond acceptors (Lipinski definition) is 7. The summed E-state index contributed by atoms with van der Waals surface area (Å²) in [5.74, 6) is 0.522. The zero-order valence-corrected chi connectivity index (χ0v) is 14.0. The van der Waals surface area contributed by atoms with Crippen LogP contribution in [0.5, 0.6) is 28.7 Å². The van der Waals surface area contributed by atoms with Crippen molar-refractivity contribution in [1.29, 1.82) is 0 Å². The summed E-state index contributed by atoms with van der Waals surface area (Å²) in [6.45, 7) is 0. The molecule has 0 saturated heterocycles. The number of hydrogen-bond donors (Lipinski definition) is 2. The Bertz CT molecular complexity index is 815. The van der Waals surface area contributed by atoms with Crippen LogP contribution in [0.25, 0.3) is 0 Å². The fourth-order valence-corrected chi connectivity index (χ4v) is 2.80. The molecule has 0 amide bonds. The maximum Gasteiger partial charge on any atom is 0.202 e. The van der Waals surface area contributed by atoms with Gasteiger partial charge in [-0.2, -0.15) is 0 Å². The largest absolute Gasteiger partial charge is 0.507 e. The van der Waals surface area contributed by atoms with Crippen LogP contribution in [-0.4, -0.2) is 43.4 Å². The molecule has 0 aliphatic carbocycles. The Labute approximate surface area is 144 Å². The lowest BCUT2D eigenvalue weighted by Crippen LogP contribution is -2.36. The number of aliphatic hydroxyl groups excluding tert-OH is 1. The number of Topliss-reactive ketones (excluding diaryl/α,β-unsaturated/α-hetero) is 1. The number of carbonyl (C=O) groups excluding carboxylic acids is 1. The van der Waals surface area contributed by atoms with Crippen LogP contribution in [0.3, 0.4) is 0 Å². The van der Waals surface area contributed by atoms with E-state index in [4.69, 9.17) is 18.9 Å². The quantitative estimate of drug-likeness (QED) is 0.875. The van der Waals surface area contributed by atoms with Gasteiger partial charge in [-0.25, -0.2) is 0 Å². The smallest absolute Gasteiger partial charge is 0.202 e. The minimum absolute atomic E-state index is 0.0648. The molecule has 0 radical (unpaired) electrons. The van der Waals surface area contributed by atoms with Crippen molar-refractivity contribution in [3.8, 4) is 28.7 Å². The molecule has 1 aliphatic rings. The summed E-state index contributed by atoms with van der Waals surface area (Å²) in [7, 11) is 4.44. The molecule has 2 N–H and O–H groups in total. The third-order valence-electron chi connectivity index (χ3n) is 4.08. The van der Waals surface area contributed by atoms with Crippen LogP contribution in [0.2, 0.25) is 0 Å². The van der Waals surface area contributed by atoms with Gasteiger partial charge in [0.25, 0.3) is 0 Å². The molecule has 3 rings (SSSR count). The lowest BCUT2D eigenvalue weighted by Gasteiger charge is -2.30. The van der Waals surface area contributed by atoms with Crippen molar-refractivity contribution in [2.75, 3.05) is 21.3 Å². The molecule has 2 atom stereocenters. The number of phenols is 1. The summed E-state index contributed by atoms with van der Waals surface area (Å²) < 4.78 is 21.3. The van der Waals surface area contributed by atoms with Crippen molar-refractivity contribution in [1.82, 2.24) is 0 Å². The summed E-state index contributed by atoms with van der Waals surface area (Å²) in [5, 5.41) is 20.4. The minimum Gasteiger partial charge on any atom is -0.507 e. The first-order valence-electron chi connectivity index (χ1n) is 7.52. The highest BCUT2D eigenvalue weighted by Gasteiger charge is 2.39. The highest BCUT2D eigenvalue weighted by atomic mass is 16.5. The minimum atomic E-state index is -1.47. The summed E-state index contributed by atoms with van der Waals surface area (Å²) >= 11 is 0. The first kappa shape index (κ1) is 16.9. The molecule has 0 fully saturated rings. The molecule has 2 aromatic carbocycles. The van der Waals surface area contributed by atoms with E-state index in [2.05, 4.69) is 0 Å². The SMILES string of the molecule is COc1cc(O)c2c(c1)O[C@H](c1ccc(OC)c(OC)c1)[C@H](O)C2=O. The third kappa shape index (κ3) is 2.83. The third-order valence-corrected chi connectivity index (χ3v) is 4.08. The standard InChI is InChI=1S/C18H18O7/c1-22-10-7-11(19)15-14(8-10)25-18(17(21)16(15)20)9-4-5-12(23-2)13(6-9)24-3/h4-8,17-19,21H,1-3H3/t17-,18-/m1/s1. The van der Waals surface area contributed by atoms with Gasteiger partial charge in [0.15, 0.2) is 23.7 Å². The first-order chi connectivity index (χ1) is 12.0. The van der Waals surface area contributed by atoms with Gasteiger partial charge >= 0.3 is 0 Å². The van der Waals surface area contributed by atoms with E-state index in [1.165, 1.54) is 33.5 Å². The van der Waals surface area contributed by atoms with Crippen LogP contribution in [0.1, 0.15) is 22.0 Å². The Morgan fingerprint density at radius 1 is 1.00 bits per heavy atom. The Morgan fingerprint density at radius 3 is 2.36 bits per heavy atom. The number of fused-ring (bicyclic) bond motifs is 1.